The Balaban J connectivity index is 1.97. The first-order valence-electron chi connectivity index (χ1n) is 9.69. The summed E-state index contributed by atoms with van der Waals surface area (Å²) in [5.74, 6) is 0. The monoisotopic (exact) mass is 382 g/mol. The molecule has 3 aromatic rings. The summed E-state index contributed by atoms with van der Waals surface area (Å²) in [5, 5.41) is 11.4. The van der Waals surface area contributed by atoms with Crippen molar-refractivity contribution in [3.63, 3.8) is 0 Å². The molecule has 144 valence electrons. The van der Waals surface area contributed by atoms with E-state index in [9.17, 15) is 5.11 Å². The highest BCUT2D eigenvalue weighted by Crippen LogP contribution is 2.30. The zero-order chi connectivity index (χ0) is 19.4. The summed E-state index contributed by atoms with van der Waals surface area (Å²) < 4.78 is 8.23. The maximum atomic E-state index is 10.3. The second-order valence-electron chi connectivity index (χ2n) is 8.26. The van der Waals surface area contributed by atoms with Crippen molar-refractivity contribution >= 4 is 19.0 Å². The topological polar surface area (TPSA) is 47.3 Å². The Morgan fingerprint density at radius 1 is 1.15 bits per heavy atom. The SMILES string of the molecule is CCC(O)c1ccc2cc(-c3ccccn3)n(COCC[Si](C)(C)C)c2c1. The van der Waals surface area contributed by atoms with Gasteiger partial charge < -0.3 is 14.4 Å². The van der Waals surface area contributed by atoms with Gasteiger partial charge in [0, 0.05) is 26.3 Å². The molecular weight excluding hydrogens is 352 g/mol. The number of hydrogen-bond acceptors (Lipinski definition) is 3. The molecule has 1 atom stereocenters. The Hall–Kier alpha value is -1.95. The molecule has 0 radical (unpaired) electrons. The Kier molecular flexibility index (Phi) is 6.14. The first kappa shape index (κ1) is 19.8. The van der Waals surface area contributed by atoms with Gasteiger partial charge in [0.2, 0.25) is 0 Å². The minimum absolute atomic E-state index is 0.441. The zero-order valence-electron chi connectivity index (χ0n) is 16.8. The van der Waals surface area contributed by atoms with Crippen molar-refractivity contribution in [2.24, 2.45) is 0 Å². The van der Waals surface area contributed by atoms with Gasteiger partial charge in [-0.25, -0.2) is 0 Å². The maximum absolute atomic E-state index is 10.3. The second kappa shape index (κ2) is 8.38. The maximum Gasteiger partial charge on any atom is 0.123 e. The predicted molar refractivity (Wildman–Crippen MR) is 115 cm³/mol. The minimum Gasteiger partial charge on any atom is -0.388 e. The Bertz CT molecular complexity index is 884. The van der Waals surface area contributed by atoms with Crippen molar-refractivity contribution in [1.29, 1.82) is 0 Å². The quantitative estimate of drug-likeness (QED) is 0.416. The number of pyridine rings is 1. The van der Waals surface area contributed by atoms with Crippen molar-refractivity contribution in [2.75, 3.05) is 6.61 Å². The molecule has 0 aliphatic heterocycles. The third-order valence-corrected chi connectivity index (χ3v) is 6.55. The van der Waals surface area contributed by atoms with Crippen molar-refractivity contribution < 1.29 is 9.84 Å². The van der Waals surface area contributed by atoms with Crippen molar-refractivity contribution in [3.8, 4) is 11.4 Å². The molecule has 0 saturated carbocycles. The highest BCUT2D eigenvalue weighted by Gasteiger charge is 2.16. The van der Waals surface area contributed by atoms with Crippen LogP contribution in [0.5, 0.6) is 0 Å². The Morgan fingerprint density at radius 2 is 1.96 bits per heavy atom. The van der Waals surface area contributed by atoms with Crippen LogP contribution in [-0.2, 0) is 11.5 Å². The summed E-state index contributed by atoms with van der Waals surface area (Å²) in [6.07, 6.45) is 2.07. The van der Waals surface area contributed by atoms with Gasteiger partial charge in [-0.1, -0.05) is 44.8 Å². The lowest BCUT2D eigenvalue weighted by molar-refractivity contribution is 0.0912. The lowest BCUT2D eigenvalue weighted by atomic mass is 10.1. The molecule has 27 heavy (non-hydrogen) atoms. The van der Waals surface area contributed by atoms with Crippen LogP contribution in [0, 0.1) is 0 Å². The van der Waals surface area contributed by atoms with E-state index in [1.54, 1.807) is 0 Å². The molecule has 2 heterocycles. The summed E-state index contributed by atoms with van der Waals surface area (Å²) in [7, 11) is -1.12. The van der Waals surface area contributed by atoms with E-state index in [0.29, 0.717) is 13.2 Å². The molecule has 0 saturated heterocycles. The predicted octanol–water partition coefficient (Wildman–Crippen LogP) is 5.46. The van der Waals surface area contributed by atoms with Gasteiger partial charge in [-0.2, -0.15) is 0 Å². The van der Waals surface area contributed by atoms with E-state index in [1.165, 1.54) is 0 Å². The first-order chi connectivity index (χ1) is 12.9. The van der Waals surface area contributed by atoms with E-state index in [1.807, 2.05) is 37.4 Å². The summed E-state index contributed by atoms with van der Waals surface area (Å²) >= 11 is 0. The van der Waals surface area contributed by atoms with Gasteiger partial charge in [-0.15, -0.1) is 0 Å². The summed E-state index contributed by atoms with van der Waals surface area (Å²) in [4.78, 5) is 4.53. The van der Waals surface area contributed by atoms with Gasteiger partial charge in [0.15, 0.2) is 0 Å². The average molecular weight is 383 g/mol. The van der Waals surface area contributed by atoms with Gasteiger partial charge >= 0.3 is 0 Å². The standard InChI is InChI=1S/C22H30N2O2Si/c1-5-22(25)18-10-9-17-14-21(19-8-6-7-11-23-19)24(20(17)15-18)16-26-12-13-27(2,3)4/h6-11,14-15,22,25H,5,12-13,16H2,1-4H3. The van der Waals surface area contributed by atoms with Crippen LogP contribution in [0.2, 0.25) is 25.7 Å². The highest BCUT2D eigenvalue weighted by atomic mass is 28.3. The molecule has 1 N–H and O–H groups in total. The van der Waals surface area contributed by atoms with Crippen LogP contribution in [0.3, 0.4) is 0 Å². The Morgan fingerprint density at radius 3 is 2.63 bits per heavy atom. The van der Waals surface area contributed by atoms with E-state index >= 15 is 0 Å². The number of aliphatic hydroxyl groups is 1. The fraction of sp³-hybridized carbons (Fsp3) is 0.409. The van der Waals surface area contributed by atoms with Crippen molar-refractivity contribution in [3.05, 3.63) is 54.2 Å². The molecule has 0 bridgehead atoms. The van der Waals surface area contributed by atoms with Crippen LogP contribution < -0.4 is 0 Å². The third-order valence-electron chi connectivity index (χ3n) is 4.84. The molecule has 0 aliphatic rings. The van der Waals surface area contributed by atoms with Gasteiger partial charge in [-0.3, -0.25) is 4.98 Å². The summed E-state index contributed by atoms with van der Waals surface area (Å²) in [6, 6.07) is 15.4. The zero-order valence-corrected chi connectivity index (χ0v) is 17.8. The van der Waals surface area contributed by atoms with Crippen LogP contribution >= 0.6 is 0 Å². The molecule has 2 aromatic heterocycles. The smallest absolute Gasteiger partial charge is 0.123 e. The number of rotatable bonds is 8. The van der Waals surface area contributed by atoms with Gasteiger partial charge in [0.1, 0.15) is 6.73 Å². The molecule has 0 fully saturated rings. The molecule has 4 nitrogen and oxygen atoms in total. The van der Waals surface area contributed by atoms with Crippen LogP contribution in [0.1, 0.15) is 25.0 Å². The van der Waals surface area contributed by atoms with Crippen LogP contribution in [0.15, 0.2) is 48.7 Å². The molecular formula is C22H30N2O2Si. The Labute approximate surface area is 162 Å². The second-order valence-corrected chi connectivity index (χ2v) is 13.9. The number of aromatic nitrogens is 2. The first-order valence-corrected chi connectivity index (χ1v) is 13.4. The minimum atomic E-state index is -1.12. The largest absolute Gasteiger partial charge is 0.388 e. The average Bonchev–Trinajstić information content (AvgIpc) is 3.02. The van der Waals surface area contributed by atoms with Crippen LogP contribution in [0.25, 0.3) is 22.3 Å². The fourth-order valence-corrected chi connectivity index (χ4v) is 3.87. The fourth-order valence-electron chi connectivity index (χ4n) is 3.11. The number of benzene rings is 1. The molecule has 1 unspecified atom stereocenters. The van der Waals surface area contributed by atoms with E-state index in [-0.39, 0.29) is 0 Å². The molecule has 3 rings (SSSR count). The van der Waals surface area contributed by atoms with Crippen molar-refractivity contribution in [2.45, 2.75) is 51.9 Å². The summed E-state index contributed by atoms with van der Waals surface area (Å²) in [5.41, 5.74) is 3.99. The lowest BCUT2D eigenvalue weighted by Crippen LogP contribution is -2.22. The van der Waals surface area contributed by atoms with E-state index in [2.05, 4.69) is 47.4 Å². The van der Waals surface area contributed by atoms with Gasteiger partial charge in [0.05, 0.1) is 23.0 Å². The van der Waals surface area contributed by atoms with Gasteiger partial charge in [-0.05, 0) is 42.3 Å². The molecule has 0 spiro atoms. The number of hydrogen-bond donors (Lipinski definition) is 1. The number of ether oxygens (including phenoxy) is 1. The molecule has 1 aromatic carbocycles. The van der Waals surface area contributed by atoms with Crippen molar-refractivity contribution in [1.82, 2.24) is 9.55 Å². The number of aliphatic hydroxyl groups excluding tert-OH is 1. The van der Waals surface area contributed by atoms with Crippen LogP contribution in [0.4, 0.5) is 0 Å². The van der Waals surface area contributed by atoms with E-state index in [0.717, 1.165) is 40.5 Å². The molecule has 0 amide bonds. The molecule has 0 aliphatic carbocycles. The highest BCUT2D eigenvalue weighted by molar-refractivity contribution is 6.76. The number of nitrogens with zero attached hydrogens (tertiary/aromatic N) is 2. The number of fused-ring (bicyclic) bond motifs is 1. The normalized spacial score (nSPS) is 13.2. The van der Waals surface area contributed by atoms with Gasteiger partial charge in [0.25, 0.3) is 0 Å². The van der Waals surface area contributed by atoms with Crippen LogP contribution in [-0.4, -0.2) is 29.3 Å². The summed E-state index contributed by atoms with van der Waals surface area (Å²) in [6.45, 7) is 10.3. The van der Waals surface area contributed by atoms with E-state index < -0.39 is 14.2 Å². The third kappa shape index (κ3) is 4.86. The lowest BCUT2D eigenvalue weighted by Gasteiger charge is -2.17. The van der Waals surface area contributed by atoms with E-state index in [4.69, 9.17) is 4.74 Å². The molecule has 5 heteroatoms.